The third-order valence-corrected chi connectivity index (χ3v) is 1.41. The Labute approximate surface area is 79.6 Å². The van der Waals surface area contributed by atoms with Crippen LogP contribution in [0.2, 0.25) is 0 Å². The van der Waals surface area contributed by atoms with Crippen molar-refractivity contribution in [1.29, 1.82) is 0 Å². The number of carbonyl (C=O) groups is 1. The van der Waals surface area contributed by atoms with E-state index in [1.807, 2.05) is 0 Å². The van der Waals surface area contributed by atoms with E-state index >= 15 is 0 Å². The third kappa shape index (κ3) is 3.07. The molecular weight excluding hydrogens is 190 g/mol. The van der Waals surface area contributed by atoms with E-state index in [1.165, 1.54) is 7.11 Å². The minimum absolute atomic E-state index is 0.0605. The summed E-state index contributed by atoms with van der Waals surface area (Å²) in [5.74, 6) is -0.552. The largest absolute Gasteiger partial charge is 0.389 e. The second-order valence-corrected chi connectivity index (χ2v) is 2.55. The Morgan fingerprint density at radius 3 is 3.14 bits per heavy atom. The predicted octanol–water partition coefficient (Wildman–Crippen LogP) is -2.06. The fraction of sp³-hybridized carbons (Fsp3) is 0.667. The summed E-state index contributed by atoms with van der Waals surface area (Å²) in [4.78, 5) is 11.2. The topological polar surface area (TPSA) is 113 Å². The summed E-state index contributed by atoms with van der Waals surface area (Å²) >= 11 is 0. The average molecular weight is 201 g/mol. The smallest absolute Gasteiger partial charge is 0.292 e. The number of rotatable bonds is 5. The standard InChI is InChI=1S/C6H11N5O3/c1-14-3-4(12)2-7-6(13)5-8-10-11-9-5/h4,12H,2-3H2,1H3,(H,7,13)(H,8,9,10,11). The number of aromatic amines is 1. The zero-order valence-electron chi connectivity index (χ0n) is 7.60. The van der Waals surface area contributed by atoms with Crippen molar-refractivity contribution in [3.8, 4) is 0 Å². The average Bonchev–Trinajstić information content (AvgIpc) is 2.67. The Balaban J connectivity index is 2.28. The molecule has 0 radical (unpaired) electrons. The Morgan fingerprint density at radius 2 is 2.57 bits per heavy atom. The van der Waals surface area contributed by atoms with Crippen molar-refractivity contribution in [3.05, 3.63) is 5.82 Å². The molecule has 0 aliphatic rings. The minimum atomic E-state index is -0.740. The summed E-state index contributed by atoms with van der Waals surface area (Å²) < 4.78 is 4.68. The summed E-state index contributed by atoms with van der Waals surface area (Å²) in [5.41, 5.74) is 0. The van der Waals surface area contributed by atoms with Crippen LogP contribution in [0.5, 0.6) is 0 Å². The van der Waals surface area contributed by atoms with Crippen LogP contribution in [0.15, 0.2) is 0 Å². The number of aromatic nitrogens is 4. The molecule has 0 aromatic carbocycles. The molecule has 1 heterocycles. The van der Waals surface area contributed by atoms with Gasteiger partial charge in [-0.1, -0.05) is 0 Å². The van der Waals surface area contributed by atoms with Gasteiger partial charge in [-0.3, -0.25) is 4.79 Å². The van der Waals surface area contributed by atoms with Crippen molar-refractivity contribution in [1.82, 2.24) is 25.9 Å². The first-order valence-electron chi connectivity index (χ1n) is 3.92. The van der Waals surface area contributed by atoms with Crippen molar-refractivity contribution in [2.75, 3.05) is 20.3 Å². The molecule has 1 aromatic rings. The van der Waals surface area contributed by atoms with Crippen molar-refractivity contribution >= 4 is 5.91 Å². The van der Waals surface area contributed by atoms with E-state index in [4.69, 9.17) is 0 Å². The number of methoxy groups -OCH3 is 1. The highest BCUT2D eigenvalue weighted by molar-refractivity contribution is 5.89. The second-order valence-electron chi connectivity index (χ2n) is 2.55. The first-order chi connectivity index (χ1) is 6.74. The van der Waals surface area contributed by atoms with Gasteiger partial charge in [0.25, 0.3) is 11.7 Å². The Bertz CT molecular complexity index is 275. The predicted molar refractivity (Wildman–Crippen MR) is 44.4 cm³/mol. The van der Waals surface area contributed by atoms with Crippen LogP contribution in [0.3, 0.4) is 0 Å². The number of tetrazole rings is 1. The summed E-state index contributed by atoms with van der Waals surface area (Å²) in [6.45, 7) is 0.244. The molecule has 0 saturated carbocycles. The number of carbonyl (C=O) groups excluding carboxylic acids is 1. The molecule has 1 amide bonds. The highest BCUT2D eigenvalue weighted by Crippen LogP contribution is 1.85. The van der Waals surface area contributed by atoms with Crippen LogP contribution >= 0.6 is 0 Å². The number of amides is 1. The van der Waals surface area contributed by atoms with Gasteiger partial charge in [-0.15, -0.1) is 10.2 Å². The SMILES string of the molecule is COCC(O)CNC(=O)c1nn[nH]n1. The Morgan fingerprint density at radius 1 is 1.79 bits per heavy atom. The lowest BCUT2D eigenvalue weighted by Gasteiger charge is -2.08. The molecule has 1 unspecified atom stereocenters. The zero-order chi connectivity index (χ0) is 10.4. The van der Waals surface area contributed by atoms with E-state index in [0.29, 0.717) is 0 Å². The normalized spacial score (nSPS) is 12.4. The van der Waals surface area contributed by atoms with E-state index in [1.54, 1.807) is 0 Å². The minimum Gasteiger partial charge on any atom is -0.389 e. The number of ether oxygens (including phenoxy) is 1. The quantitative estimate of drug-likeness (QED) is 0.504. The molecule has 14 heavy (non-hydrogen) atoms. The van der Waals surface area contributed by atoms with Gasteiger partial charge in [-0.25, -0.2) is 0 Å². The molecule has 1 atom stereocenters. The Kier molecular flexibility index (Phi) is 3.95. The molecule has 0 aliphatic carbocycles. The van der Waals surface area contributed by atoms with Crippen LogP contribution in [0, 0.1) is 0 Å². The number of aliphatic hydroxyl groups excluding tert-OH is 1. The molecule has 0 aliphatic heterocycles. The highest BCUT2D eigenvalue weighted by Gasteiger charge is 2.11. The molecule has 0 fully saturated rings. The number of hydrogen-bond donors (Lipinski definition) is 3. The van der Waals surface area contributed by atoms with Crippen molar-refractivity contribution in [2.24, 2.45) is 0 Å². The van der Waals surface area contributed by atoms with Crippen LogP contribution in [0.25, 0.3) is 0 Å². The lowest BCUT2D eigenvalue weighted by molar-refractivity contribution is 0.0607. The van der Waals surface area contributed by atoms with Crippen LogP contribution in [0.4, 0.5) is 0 Å². The van der Waals surface area contributed by atoms with Gasteiger partial charge in [0.2, 0.25) is 0 Å². The first kappa shape index (κ1) is 10.5. The van der Waals surface area contributed by atoms with Crippen LogP contribution in [0.1, 0.15) is 10.6 Å². The first-order valence-corrected chi connectivity index (χ1v) is 3.92. The van der Waals surface area contributed by atoms with Crippen LogP contribution < -0.4 is 5.32 Å². The van der Waals surface area contributed by atoms with Gasteiger partial charge in [-0.2, -0.15) is 5.21 Å². The fourth-order valence-electron chi connectivity index (χ4n) is 0.799. The number of H-pyrrole nitrogens is 1. The van der Waals surface area contributed by atoms with Gasteiger partial charge in [0.15, 0.2) is 0 Å². The maximum atomic E-state index is 11.2. The summed E-state index contributed by atoms with van der Waals surface area (Å²) in [7, 11) is 1.46. The maximum Gasteiger partial charge on any atom is 0.292 e. The number of nitrogens with zero attached hydrogens (tertiary/aromatic N) is 3. The molecule has 8 nitrogen and oxygen atoms in total. The van der Waals surface area contributed by atoms with Gasteiger partial charge in [0.1, 0.15) is 0 Å². The monoisotopic (exact) mass is 201 g/mol. The molecule has 8 heteroatoms. The van der Waals surface area contributed by atoms with E-state index < -0.39 is 12.0 Å². The Hall–Kier alpha value is -1.54. The van der Waals surface area contributed by atoms with Gasteiger partial charge >= 0.3 is 0 Å². The fourth-order valence-corrected chi connectivity index (χ4v) is 0.799. The second kappa shape index (κ2) is 5.25. The summed E-state index contributed by atoms with van der Waals surface area (Å²) in [5, 5.41) is 23.9. The van der Waals surface area contributed by atoms with E-state index in [0.717, 1.165) is 0 Å². The summed E-state index contributed by atoms with van der Waals surface area (Å²) in [6, 6.07) is 0. The van der Waals surface area contributed by atoms with Crippen LogP contribution in [-0.2, 0) is 4.74 Å². The van der Waals surface area contributed by atoms with Crippen LogP contribution in [-0.4, -0.2) is 58.0 Å². The lowest BCUT2D eigenvalue weighted by atomic mass is 10.3. The summed E-state index contributed by atoms with van der Waals surface area (Å²) in [6.07, 6.45) is -0.740. The molecule has 0 spiro atoms. The molecule has 0 saturated heterocycles. The molecule has 1 aromatic heterocycles. The van der Waals surface area contributed by atoms with Crippen molar-refractivity contribution in [3.63, 3.8) is 0 Å². The molecule has 0 bridgehead atoms. The molecule has 3 N–H and O–H groups in total. The van der Waals surface area contributed by atoms with Gasteiger partial charge in [-0.05, 0) is 5.21 Å². The lowest BCUT2D eigenvalue weighted by Crippen LogP contribution is -2.34. The number of aliphatic hydroxyl groups is 1. The third-order valence-electron chi connectivity index (χ3n) is 1.41. The molecular formula is C6H11N5O3. The molecule has 1 rings (SSSR count). The van der Waals surface area contributed by atoms with Crippen molar-refractivity contribution < 1.29 is 14.6 Å². The number of hydrogen-bond acceptors (Lipinski definition) is 6. The van der Waals surface area contributed by atoms with Crippen molar-refractivity contribution in [2.45, 2.75) is 6.10 Å². The maximum absolute atomic E-state index is 11.2. The zero-order valence-corrected chi connectivity index (χ0v) is 7.60. The van der Waals surface area contributed by atoms with Gasteiger partial charge in [0.05, 0.1) is 12.7 Å². The van der Waals surface area contributed by atoms with E-state index in [2.05, 4.69) is 30.7 Å². The van der Waals surface area contributed by atoms with Gasteiger partial charge < -0.3 is 15.2 Å². The number of nitrogens with one attached hydrogen (secondary N) is 2. The molecule has 78 valence electrons. The van der Waals surface area contributed by atoms with Gasteiger partial charge in [0, 0.05) is 13.7 Å². The van der Waals surface area contributed by atoms with E-state index in [-0.39, 0.29) is 19.0 Å². The highest BCUT2D eigenvalue weighted by atomic mass is 16.5. The van der Waals surface area contributed by atoms with E-state index in [9.17, 15) is 9.90 Å².